The van der Waals surface area contributed by atoms with E-state index in [2.05, 4.69) is 10.3 Å². The highest BCUT2D eigenvalue weighted by atomic mass is 16.2. The number of carbonyl (C=O) groups excluding carboxylic acids is 3. The number of aromatic nitrogens is 2. The van der Waals surface area contributed by atoms with E-state index in [9.17, 15) is 14.4 Å². The van der Waals surface area contributed by atoms with Crippen LogP contribution in [-0.4, -0.2) is 45.3 Å². The summed E-state index contributed by atoms with van der Waals surface area (Å²) in [5, 5.41) is 2.88. The fraction of sp³-hybridized carbons (Fsp3) is 0.217. The van der Waals surface area contributed by atoms with Crippen LogP contribution in [0.4, 0.5) is 5.69 Å². The number of imidazole rings is 1. The van der Waals surface area contributed by atoms with Gasteiger partial charge in [-0.05, 0) is 18.2 Å². The van der Waals surface area contributed by atoms with Gasteiger partial charge in [0, 0.05) is 49.6 Å². The molecule has 8 nitrogen and oxygen atoms in total. The van der Waals surface area contributed by atoms with Crippen LogP contribution in [-0.2, 0) is 11.3 Å². The van der Waals surface area contributed by atoms with Gasteiger partial charge in [0.25, 0.3) is 11.8 Å². The van der Waals surface area contributed by atoms with Crippen molar-refractivity contribution in [3.63, 3.8) is 0 Å². The summed E-state index contributed by atoms with van der Waals surface area (Å²) in [6, 6.07) is 14.5. The molecule has 5 rings (SSSR count). The molecule has 1 N–H and O–H groups in total. The summed E-state index contributed by atoms with van der Waals surface area (Å²) in [5.41, 5.74) is 2.46. The third-order valence-corrected chi connectivity index (χ3v) is 5.71. The quantitative estimate of drug-likeness (QED) is 0.669. The number of hydrogen-bond donors (Lipinski definition) is 1. The lowest BCUT2D eigenvalue weighted by Crippen LogP contribution is -2.49. The molecule has 2 aliphatic rings. The number of hydrogen-bond acceptors (Lipinski definition) is 4. The fourth-order valence-corrected chi connectivity index (χ4v) is 4.25. The van der Waals surface area contributed by atoms with Gasteiger partial charge in [0.05, 0.1) is 17.6 Å². The van der Waals surface area contributed by atoms with Gasteiger partial charge in [-0.2, -0.15) is 0 Å². The number of para-hydroxylation sites is 1. The van der Waals surface area contributed by atoms with E-state index in [4.69, 9.17) is 0 Å². The molecule has 2 aromatic carbocycles. The van der Waals surface area contributed by atoms with Crippen molar-refractivity contribution in [2.45, 2.75) is 19.1 Å². The van der Waals surface area contributed by atoms with Crippen molar-refractivity contribution in [2.24, 2.45) is 0 Å². The van der Waals surface area contributed by atoms with Crippen LogP contribution < -0.4 is 10.2 Å². The third-order valence-electron chi connectivity index (χ3n) is 5.71. The fourth-order valence-electron chi connectivity index (χ4n) is 4.25. The number of fused-ring (bicyclic) bond motifs is 5. The number of amides is 3. The molecule has 0 saturated carbocycles. The molecular weight excluding hydrogens is 394 g/mol. The lowest BCUT2D eigenvalue weighted by Gasteiger charge is -2.40. The Labute approximate surface area is 179 Å². The molecule has 31 heavy (non-hydrogen) atoms. The molecule has 1 aromatic heterocycles. The molecule has 156 valence electrons. The zero-order valence-electron chi connectivity index (χ0n) is 16.8. The molecule has 0 spiro atoms. The zero-order valence-corrected chi connectivity index (χ0v) is 16.8. The van der Waals surface area contributed by atoms with E-state index in [0.29, 0.717) is 29.9 Å². The summed E-state index contributed by atoms with van der Waals surface area (Å²) in [6.07, 6.45) is 4.83. The minimum Gasteiger partial charge on any atom is -0.354 e. The number of anilines is 1. The van der Waals surface area contributed by atoms with Gasteiger partial charge in [-0.25, -0.2) is 4.98 Å². The Kier molecular flexibility index (Phi) is 4.74. The molecule has 8 heteroatoms. The van der Waals surface area contributed by atoms with Crippen LogP contribution in [0.1, 0.15) is 38.9 Å². The molecule has 0 radical (unpaired) electrons. The Morgan fingerprint density at radius 3 is 2.55 bits per heavy atom. The maximum absolute atomic E-state index is 13.3. The van der Waals surface area contributed by atoms with Crippen molar-refractivity contribution in [1.82, 2.24) is 19.8 Å². The summed E-state index contributed by atoms with van der Waals surface area (Å²) in [7, 11) is 0. The van der Waals surface area contributed by atoms with E-state index in [-0.39, 0.29) is 30.7 Å². The molecule has 0 saturated heterocycles. The lowest BCUT2D eigenvalue weighted by atomic mass is 10.0. The molecule has 2 aliphatic heterocycles. The summed E-state index contributed by atoms with van der Waals surface area (Å²) >= 11 is 0. The van der Waals surface area contributed by atoms with Crippen molar-refractivity contribution < 1.29 is 14.4 Å². The average Bonchev–Trinajstić information content (AvgIpc) is 3.41. The van der Waals surface area contributed by atoms with Crippen molar-refractivity contribution in [3.05, 3.63) is 83.9 Å². The van der Waals surface area contributed by atoms with Gasteiger partial charge in [0.2, 0.25) is 5.91 Å². The van der Waals surface area contributed by atoms with Crippen LogP contribution in [0.25, 0.3) is 0 Å². The van der Waals surface area contributed by atoms with E-state index < -0.39 is 6.17 Å². The molecule has 3 amide bonds. The Balaban J connectivity index is 1.36. The second-order valence-corrected chi connectivity index (χ2v) is 7.55. The van der Waals surface area contributed by atoms with E-state index >= 15 is 0 Å². The first kappa shape index (κ1) is 19.0. The number of nitrogens with one attached hydrogen (secondary N) is 1. The van der Waals surface area contributed by atoms with Crippen molar-refractivity contribution in [3.8, 4) is 0 Å². The SMILES string of the molecule is O=C(CCN1C(=O)c2ccccc2N2C(=O)c3ccccc3[C@@H]12)NCCn1ccnc1. The topological polar surface area (TPSA) is 87.5 Å². The van der Waals surface area contributed by atoms with Crippen molar-refractivity contribution in [1.29, 1.82) is 0 Å². The summed E-state index contributed by atoms with van der Waals surface area (Å²) in [5.74, 6) is -0.446. The van der Waals surface area contributed by atoms with Crippen LogP contribution >= 0.6 is 0 Å². The van der Waals surface area contributed by atoms with Crippen LogP contribution in [0.15, 0.2) is 67.3 Å². The highest BCUT2D eigenvalue weighted by Gasteiger charge is 2.47. The minimum atomic E-state index is -0.537. The predicted molar refractivity (Wildman–Crippen MR) is 113 cm³/mol. The van der Waals surface area contributed by atoms with E-state index in [1.165, 1.54) is 0 Å². The molecule has 3 heterocycles. The Morgan fingerprint density at radius 1 is 0.968 bits per heavy atom. The Hall–Kier alpha value is -3.94. The highest BCUT2D eigenvalue weighted by Crippen LogP contribution is 2.45. The largest absolute Gasteiger partial charge is 0.354 e. The number of carbonyl (C=O) groups is 3. The van der Waals surface area contributed by atoms with Gasteiger partial charge in [0.15, 0.2) is 0 Å². The van der Waals surface area contributed by atoms with Crippen LogP contribution in [0.2, 0.25) is 0 Å². The molecule has 0 bridgehead atoms. The van der Waals surface area contributed by atoms with Crippen molar-refractivity contribution >= 4 is 23.4 Å². The van der Waals surface area contributed by atoms with Gasteiger partial charge in [-0.3, -0.25) is 19.3 Å². The number of benzene rings is 2. The second kappa shape index (κ2) is 7.71. The molecular formula is C23H21N5O3. The minimum absolute atomic E-state index is 0.129. The van der Waals surface area contributed by atoms with E-state index in [1.54, 1.807) is 46.6 Å². The molecule has 0 unspecified atom stereocenters. The Morgan fingerprint density at radius 2 is 1.74 bits per heavy atom. The molecule has 3 aromatic rings. The van der Waals surface area contributed by atoms with Gasteiger partial charge in [-0.15, -0.1) is 0 Å². The first-order valence-corrected chi connectivity index (χ1v) is 10.2. The second-order valence-electron chi connectivity index (χ2n) is 7.55. The molecule has 0 aliphatic carbocycles. The molecule has 1 atom stereocenters. The predicted octanol–water partition coefficient (Wildman–Crippen LogP) is 2.20. The maximum Gasteiger partial charge on any atom is 0.260 e. The zero-order chi connectivity index (χ0) is 21.4. The molecule has 0 fully saturated rings. The first-order valence-electron chi connectivity index (χ1n) is 10.2. The van der Waals surface area contributed by atoms with Crippen LogP contribution in [0, 0.1) is 0 Å². The standard InChI is InChI=1S/C23H21N5O3/c29-20(25-11-14-26-13-10-24-15-26)9-12-27-21-16-5-1-2-6-17(16)23(31)28(21)19-8-4-3-7-18(19)22(27)30/h1-8,10,13,15,21H,9,11-12,14H2,(H,25,29)/t21-/m0/s1. The number of nitrogens with zero attached hydrogens (tertiary/aromatic N) is 4. The number of rotatable bonds is 6. The van der Waals surface area contributed by atoms with Gasteiger partial charge in [-0.1, -0.05) is 30.3 Å². The Bertz CT molecular complexity index is 1160. The van der Waals surface area contributed by atoms with Gasteiger partial charge in [0.1, 0.15) is 6.17 Å². The summed E-state index contributed by atoms with van der Waals surface area (Å²) in [6.45, 7) is 1.32. The van der Waals surface area contributed by atoms with Gasteiger partial charge >= 0.3 is 0 Å². The van der Waals surface area contributed by atoms with E-state index in [1.807, 2.05) is 35.0 Å². The van der Waals surface area contributed by atoms with Gasteiger partial charge < -0.3 is 14.8 Å². The van der Waals surface area contributed by atoms with Crippen molar-refractivity contribution in [2.75, 3.05) is 18.0 Å². The normalized spacial score (nSPS) is 16.7. The summed E-state index contributed by atoms with van der Waals surface area (Å²) in [4.78, 5) is 46.1. The third kappa shape index (κ3) is 3.26. The van der Waals surface area contributed by atoms with Crippen LogP contribution in [0.5, 0.6) is 0 Å². The first-order chi connectivity index (χ1) is 15.1. The summed E-state index contributed by atoms with van der Waals surface area (Å²) < 4.78 is 1.88. The average molecular weight is 415 g/mol. The van der Waals surface area contributed by atoms with Crippen LogP contribution in [0.3, 0.4) is 0 Å². The highest BCUT2D eigenvalue weighted by molar-refractivity contribution is 6.16. The monoisotopic (exact) mass is 415 g/mol. The maximum atomic E-state index is 13.3. The smallest absolute Gasteiger partial charge is 0.260 e. The lowest BCUT2D eigenvalue weighted by molar-refractivity contribution is -0.121. The van der Waals surface area contributed by atoms with E-state index in [0.717, 1.165) is 5.56 Å².